The smallest absolute Gasteiger partial charge is 0.320 e. The average molecular weight is 252 g/mol. The van der Waals surface area contributed by atoms with Crippen molar-refractivity contribution in [2.45, 2.75) is 26.3 Å². The van der Waals surface area contributed by atoms with E-state index in [1.54, 1.807) is 13.8 Å². The minimum atomic E-state index is -3.83. The molecule has 0 rings (SSSR count). The summed E-state index contributed by atoms with van der Waals surface area (Å²) in [4.78, 5) is 21.3. The molecule has 0 fully saturated rings. The first kappa shape index (κ1) is 14.8. The standard InChI is InChI=1S/C8H16N2O5S/c1-6(2)10-7(11)3-4-9-16(14,15)5-8(12)13/h6,9H,3-5H2,1-2H3,(H,10,11)(H,12,13). The molecule has 0 radical (unpaired) electrons. The van der Waals surface area contributed by atoms with E-state index in [1.165, 1.54) is 0 Å². The number of rotatable bonds is 7. The summed E-state index contributed by atoms with van der Waals surface area (Å²) in [6.45, 7) is 3.47. The lowest BCUT2D eigenvalue weighted by atomic mass is 10.3. The van der Waals surface area contributed by atoms with Crippen molar-refractivity contribution in [3.05, 3.63) is 0 Å². The number of carbonyl (C=O) groups is 2. The second-order valence-electron chi connectivity index (χ2n) is 3.52. The molecule has 16 heavy (non-hydrogen) atoms. The van der Waals surface area contributed by atoms with Crippen molar-refractivity contribution in [2.75, 3.05) is 12.3 Å². The van der Waals surface area contributed by atoms with Gasteiger partial charge in [0.2, 0.25) is 15.9 Å². The predicted molar refractivity (Wildman–Crippen MR) is 57.3 cm³/mol. The lowest BCUT2D eigenvalue weighted by Gasteiger charge is -2.08. The normalized spacial score (nSPS) is 11.4. The molecule has 0 saturated heterocycles. The number of sulfonamides is 1. The van der Waals surface area contributed by atoms with Crippen LogP contribution < -0.4 is 10.0 Å². The minimum absolute atomic E-state index is 0.0110. The number of hydrogen-bond donors (Lipinski definition) is 3. The van der Waals surface area contributed by atoms with Crippen LogP contribution in [0.5, 0.6) is 0 Å². The fraction of sp³-hybridized carbons (Fsp3) is 0.750. The first-order valence-corrected chi connectivity index (χ1v) is 6.36. The maximum Gasteiger partial charge on any atom is 0.320 e. The van der Waals surface area contributed by atoms with Crippen LogP contribution in [0.25, 0.3) is 0 Å². The molecule has 0 aromatic rings. The van der Waals surface area contributed by atoms with Gasteiger partial charge in [0, 0.05) is 19.0 Å². The number of amides is 1. The average Bonchev–Trinajstić information content (AvgIpc) is 1.98. The van der Waals surface area contributed by atoms with Gasteiger partial charge >= 0.3 is 5.97 Å². The highest BCUT2D eigenvalue weighted by Crippen LogP contribution is 1.87. The summed E-state index contributed by atoms with van der Waals surface area (Å²) in [7, 11) is -3.83. The van der Waals surface area contributed by atoms with Crippen LogP contribution in [-0.4, -0.2) is 43.7 Å². The van der Waals surface area contributed by atoms with Gasteiger partial charge in [-0.05, 0) is 13.8 Å². The highest BCUT2D eigenvalue weighted by atomic mass is 32.2. The third kappa shape index (κ3) is 8.18. The molecule has 3 N–H and O–H groups in total. The number of carboxylic acid groups (broad SMARTS) is 1. The van der Waals surface area contributed by atoms with Crippen molar-refractivity contribution in [3.63, 3.8) is 0 Å². The molecule has 94 valence electrons. The van der Waals surface area contributed by atoms with Gasteiger partial charge in [-0.1, -0.05) is 0 Å². The van der Waals surface area contributed by atoms with Crippen molar-refractivity contribution in [3.8, 4) is 0 Å². The Balaban J connectivity index is 3.90. The van der Waals surface area contributed by atoms with E-state index in [1.807, 2.05) is 4.72 Å². The molecule has 1 amide bonds. The van der Waals surface area contributed by atoms with Crippen LogP contribution >= 0.6 is 0 Å². The summed E-state index contributed by atoms with van der Waals surface area (Å²) in [5, 5.41) is 10.9. The van der Waals surface area contributed by atoms with Gasteiger partial charge in [-0.2, -0.15) is 0 Å². The zero-order valence-electron chi connectivity index (χ0n) is 9.19. The molecule has 0 aliphatic carbocycles. The molecule has 0 atom stereocenters. The van der Waals surface area contributed by atoms with E-state index in [0.717, 1.165) is 0 Å². The van der Waals surface area contributed by atoms with Crippen molar-refractivity contribution in [2.24, 2.45) is 0 Å². The molecule has 0 heterocycles. The van der Waals surface area contributed by atoms with Crippen molar-refractivity contribution in [1.82, 2.24) is 10.0 Å². The van der Waals surface area contributed by atoms with Gasteiger partial charge in [-0.25, -0.2) is 13.1 Å². The lowest BCUT2D eigenvalue weighted by Crippen LogP contribution is -2.35. The van der Waals surface area contributed by atoms with E-state index >= 15 is 0 Å². The van der Waals surface area contributed by atoms with E-state index in [2.05, 4.69) is 5.32 Å². The Morgan fingerprint density at radius 2 is 1.88 bits per heavy atom. The molecule has 0 aromatic heterocycles. The van der Waals surface area contributed by atoms with Crippen LogP contribution in [0.2, 0.25) is 0 Å². The Hall–Kier alpha value is -1.15. The zero-order chi connectivity index (χ0) is 12.8. The molecule has 0 spiro atoms. The Morgan fingerprint density at radius 3 is 2.31 bits per heavy atom. The summed E-state index contributed by atoms with van der Waals surface area (Å²) >= 11 is 0. The summed E-state index contributed by atoms with van der Waals surface area (Å²) in [5.41, 5.74) is 0. The number of hydrogen-bond acceptors (Lipinski definition) is 4. The summed E-state index contributed by atoms with van der Waals surface area (Å²) in [6.07, 6.45) is -0.0168. The Bertz CT molecular complexity index is 349. The molecule has 8 heteroatoms. The third-order valence-electron chi connectivity index (χ3n) is 1.44. The predicted octanol–water partition coefficient (Wildman–Crippen LogP) is -1.09. The fourth-order valence-electron chi connectivity index (χ4n) is 0.928. The Labute approximate surface area is 94.3 Å². The van der Waals surface area contributed by atoms with Crippen molar-refractivity contribution >= 4 is 21.9 Å². The quantitative estimate of drug-likeness (QED) is 0.532. The van der Waals surface area contributed by atoms with Gasteiger partial charge in [0.05, 0.1) is 0 Å². The molecule has 0 aliphatic heterocycles. The number of aliphatic carboxylic acids is 1. The van der Waals surface area contributed by atoms with Crippen LogP contribution in [0.4, 0.5) is 0 Å². The molecule has 0 aliphatic rings. The minimum Gasteiger partial charge on any atom is -0.480 e. The van der Waals surface area contributed by atoms with Gasteiger partial charge < -0.3 is 10.4 Å². The topological polar surface area (TPSA) is 113 Å². The summed E-state index contributed by atoms with van der Waals surface area (Å²) < 4.78 is 24.1. The Morgan fingerprint density at radius 1 is 1.31 bits per heavy atom. The SMILES string of the molecule is CC(C)NC(=O)CCNS(=O)(=O)CC(=O)O. The zero-order valence-corrected chi connectivity index (χ0v) is 10.0. The molecule has 0 saturated carbocycles. The van der Waals surface area contributed by atoms with Crippen LogP contribution in [0.3, 0.4) is 0 Å². The first-order chi connectivity index (χ1) is 7.23. The fourth-order valence-corrected chi connectivity index (χ4v) is 1.77. The van der Waals surface area contributed by atoms with Gasteiger partial charge in [-0.15, -0.1) is 0 Å². The van der Waals surface area contributed by atoms with E-state index in [4.69, 9.17) is 5.11 Å². The second-order valence-corrected chi connectivity index (χ2v) is 5.33. The number of nitrogens with one attached hydrogen (secondary N) is 2. The van der Waals surface area contributed by atoms with Crippen molar-refractivity contribution in [1.29, 1.82) is 0 Å². The van der Waals surface area contributed by atoms with Crippen LogP contribution in [0.1, 0.15) is 20.3 Å². The lowest BCUT2D eigenvalue weighted by molar-refractivity contribution is -0.134. The summed E-state index contributed by atoms with van der Waals surface area (Å²) in [5.74, 6) is -2.70. The molecule has 0 aromatic carbocycles. The van der Waals surface area contributed by atoms with E-state index in [-0.39, 0.29) is 24.9 Å². The van der Waals surface area contributed by atoms with Gasteiger partial charge in [0.1, 0.15) is 0 Å². The van der Waals surface area contributed by atoms with E-state index in [9.17, 15) is 18.0 Å². The van der Waals surface area contributed by atoms with Crippen LogP contribution in [0, 0.1) is 0 Å². The molecule has 0 bridgehead atoms. The number of carboxylic acids is 1. The summed E-state index contributed by atoms with van der Waals surface area (Å²) in [6, 6.07) is -0.0110. The Kier molecular flexibility index (Phi) is 5.97. The first-order valence-electron chi connectivity index (χ1n) is 4.71. The highest BCUT2D eigenvalue weighted by molar-refractivity contribution is 7.90. The maximum atomic E-state index is 11.1. The molecule has 7 nitrogen and oxygen atoms in total. The monoisotopic (exact) mass is 252 g/mol. The van der Waals surface area contributed by atoms with Gasteiger partial charge in [-0.3, -0.25) is 9.59 Å². The molecule has 0 unspecified atom stereocenters. The number of carbonyl (C=O) groups excluding carboxylic acids is 1. The van der Waals surface area contributed by atoms with E-state index < -0.39 is 21.7 Å². The maximum absolute atomic E-state index is 11.1. The largest absolute Gasteiger partial charge is 0.480 e. The molecular weight excluding hydrogens is 236 g/mol. The van der Waals surface area contributed by atoms with Crippen molar-refractivity contribution < 1.29 is 23.1 Å². The second kappa shape index (κ2) is 6.44. The third-order valence-corrected chi connectivity index (χ3v) is 2.71. The highest BCUT2D eigenvalue weighted by Gasteiger charge is 2.15. The molecular formula is C8H16N2O5S. The van der Waals surface area contributed by atoms with Crippen LogP contribution in [0.15, 0.2) is 0 Å². The van der Waals surface area contributed by atoms with Gasteiger partial charge in [0.25, 0.3) is 0 Å². The van der Waals surface area contributed by atoms with E-state index in [0.29, 0.717) is 0 Å². The van der Waals surface area contributed by atoms with Crippen LogP contribution in [-0.2, 0) is 19.6 Å². The van der Waals surface area contributed by atoms with Gasteiger partial charge in [0.15, 0.2) is 5.75 Å².